The highest BCUT2D eigenvalue weighted by Crippen LogP contribution is 2.15. The Morgan fingerprint density at radius 3 is 2.39 bits per heavy atom. The lowest BCUT2D eigenvalue weighted by molar-refractivity contribution is 0.379. The van der Waals surface area contributed by atoms with Crippen molar-refractivity contribution in [1.29, 1.82) is 0 Å². The van der Waals surface area contributed by atoms with Gasteiger partial charge < -0.3 is 5.32 Å². The second-order valence-electron chi connectivity index (χ2n) is 4.59. The maximum Gasteiger partial charge on any atom is 0.217 e. The second-order valence-corrected chi connectivity index (χ2v) is 7.91. The Kier molecular flexibility index (Phi) is 9.29. The highest BCUT2D eigenvalue weighted by molar-refractivity contribution is 7.98. The van der Waals surface area contributed by atoms with E-state index in [0.29, 0.717) is 6.54 Å². The van der Waals surface area contributed by atoms with E-state index in [2.05, 4.69) is 12.2 Å². The van der Waals surface area contributed by atoms with E-state index in [1.54, 1.807) is 30.0 Å². The van der Waals surface area contributed by atoms with Gasteiger partial charge in [0.15, 0.2) is 0 Å². The maximum atomic E-state index is 12.4. The van der Waals surface area contributed by atoms with Gasteiger partial charge in [-0.15, -0.1) is 0 Å². The van der Waals surface area contributed by atoms with Crippen molar-refractivity contribution >= 4 is 21.8 Å². The van der Waals surface area contributed by atoms with Crippen molar-refractivity contribution in [2.24, 2.45) is 0 Å². The van der Waals surface area contributed by atoms with Crippen LogP contribution in [0.3, 0.4) is 0 Å². The topological polar surface area (TPSA) is 49.4 Å². The highest BCUT2D eigenvalue weighted by Gasteiger charge is 2.29. The Hall–Kier alpha value is 0.220. The maximum absolute atomic E-state index is 12.4. The first-order valence-corrected chi connectivity index (χ1v) is 9.47. The Bertz CT molecular complexity index is 307. The molecule has 0 heterocycles. The summed E-state index contributed by atoms with van der Waals surface area (Å²) in [5, 5.41) is 2.80. The van der Waals surface area contributed by atoms with Gasteiger partial charge in [0.25, 0.3) is 0 Å². The molecule has 0 aliphatic carbocycles. The van der Waals surface area contributed by atoms with Crippen molar-refractivity contribution in [1.82, 2.24) is 9.62 Å². The van der Waals surface area contributed by atoms with Crippen LogP contribution >= 0.6 is 11.8 Å². The van der Waals surface area contributed by atoms with Crippen LogP contribution in [0.25, 0.3) is 0 Å². The van der Waals surface area contributed by atoms with E-state index in [1.165, 1.54) is 0 Å². The molecule has 0 saturated heterocycles. The molecule has 0 bridgehead atoms. The monoisotopic (exact) mass is 296 g/mol. The van der Waals surface area contributed by atoms with Crippen LogP contribution in [0.4, 0.5) is 0 Å². The first-order chi connectivity index (χ1) is 8.41. The van der Waals surface area contributed by atoms with Gasteiger partial charge in [0.1, 0.15) is 0 Å². The third-order valence-electron chi connectivity index (χ3n) is 3.11. The SMILES string of the molecule is CCCNCC(C)S(=O)(=O)N(C)C(CC)CSC. The van der Waals surface area contributed by atoms with E-state index in [1.807, 2.05) is 13.2 Å². The molecule has 18 heavy (non-hydrogen) atoms. The van der Waals surface area contributed by atoms with Gasteiger partial charge in [-0.05, 0) is 32.6 Å². The zero-order chi connectivity index (χ0) is 14.2. The highest BCUT2D eigenvalue weighted by atomic mass is 32.2. The summed E-state index contributed by atoms with van der Waals surface area (Å²) in [6.07, 6.45) is 3.88. The minimum Gasteiger partial charge on any atom is -0.315 e. The Morgan fingerprint density at radius 1 is 1.33 bits per heavy atom. The first kappa shape index (κ1) is 18.2. The first-order valence-electron chi connectivity index (χ1n) is 6.58. The molecule has 110 valence electrons. The predicted molar refractivity (Wildman–Crippen MR) is 81.8 cm³/mol. The molecule has 0 rings (SSSR count). The van der Waals surface area contributed by atoms with Crippen molar-refractivity contribution in [2.45, 2.75) is 44.9 Å². The zero-order valence-corrected chi connectivity index (χ0v) is 13.9. The smallest absolute Gasteiger partial charge is 0.217 e. The number of nitrogens with one attached hydrogen (secondary N) is 1. The fourth-order valence-electron chi connectivity index (χ4n) is 1.75. The standard InChI is InChI=1S/C12H28N2O2S2/c1-6-8-13-9-11(3)18(15,16)14(4)12(7-2)10-17-5/h11-13H,6-10H2,1-5H3. The van der Waals surface area contributed by atoms with Crippen molar-refractivity contribution < 1.29 is 8.42 Å². The van der Waals surface area contributed by atoms with Crippen LogP contribution in [0.15, 0.2) is 0 Å². The third-order valence-corrected chi connectivity index (χ3v) is 6.12. The van der Waals surface area contributed by atoms with Gasteiger partial charge in [-0.25, -0.2) is 12.7 Å². The molecular formula is C12H28N2O2S2. The van der Waals surface area contributed by atoms with Crippen molar-refractivity contribution in [3.8, 4) is 0 Å². The van der Waals surface area contributed by atoms with Gasteiger partial charge in [0.05, 0.1) is 5.25 Å². The molecule has 0 aromatic heterocycles. The van der Waals surface area contributed by atoms with Crippen molar-refractivity contribution in [3.63, 3.8) is 0 Å². The summed E-state index contributed by atoms with van der Waals surface area (Å²) >= 11 is 1.69. The number of hydrogen-bond acceptors (Lipinski definition) is 4. The lowest BCUT2D eigenvalue weighted by Crippen LogP contribution is -2.45. The summed E-state index contributed by atoms with van der Waals surface area (Å²) in [5.41, 5.74) is 0. The van der Waals surface area contributed by atoms with Crippen LogP contribution in [0.2, 0.25) is 0 Å². The van der Waals surface area contributed by atoms with Crippen molar-refractivity contribution in [3.05, 3.63) is 0 Å². The second kappa shape index (κ2) is 9.18. The van der Waals surface area contributed by atoms with E-state index >= 15 is 0 Å². The van der Waals surface area contributed by atoms with Gasteiger partial charge >= 0.3 is 0 Å². The summed E-state index contributed by atoms with van der Waals surface area (Å²) < 4.78 is 26.3. The molecule has 0 aliphatic heterocycles. The number of sulfonamides is 1. The van der Waals surface area contributed by atoms with Gasteiger partial charge in [0.2, 0.25) is 10.0 Å². The summed E-state index contributed by atoms with van der Waals surface area (Å²) in [7, 11) is -1.49. The molecule has 0 spiro atoms. The number of rotatable bonds is 10. The van der Waals surface area contributed by atoms with Crippen LogP contribution in [-0.2, 0) is 10.0 Å². The van der Waals surface area contributed by atoms with Crippen LogP contribution in [0.1, 0.15) is 33.6 Å². The number of nitrogens with zero attached hydrogens (tertiary/aromatic N) is 1. The Balaban J connectivity index is 4.58. The van der Waals surface area contributed by atoms with Crippen LogP contribution in [0, 0.1) is 0 Å². The molecule has 2 unspecified atom stereocenters. The molecule has 0 aromatic rings. The average molecular weight is 297 g/mol. The summed E-state index contributed by atoms with van der Waals surface area (Å²) in [6, 6.07) is 0.0959. The molecule has 4 nitrogen and oxygen atoms in total. The molecule has 0 saturated carbocycles. The molecule has 0 fully saturated rings. The molecule has 0 radical (unpaired) electrons. The molecule has 2 atom stereocenters. The molecule has 6 heteroatoms. The number of hydrogen-bond donors (Lipinski definition) is 1. The van der Waals surface area contributed by atoms with Crippen LogP contribution in [-0.4, -0.2) is 56.2 Å². The van der Waals surface area contributed by atoms with Crippen molar-refractivity contribution in [2.75, 3.05) is 32.1 Å². The zero-order valence-electron chi connectivity index (χ0n) is 12.3. The van der Waals surface area contributed by atoms with E-state index in [0.717, 1.165) is 25.1 Å². The predicted octanol–water partition coefficient (Wildman–Crippen LogP) is 1.78. The number of thioether (sulfide) groups is 1. The van der Waals surface area contributed by atoms with E-state index < -0.39 is 10.0 Å². The normalized spacial score (nSPS) is 15.9. The average Bonchev–Trinajstić information content (AvgIpc) is 2.35. The summed E-state index contributed by atoms with van der Waals surface area (Å²) in [4.78, 5) is 0. The summed E-state index contributed by atoms with van der Waals surface area (Å²) in [5.74, 6) is 0.849. The minimum absolute atomic E-state index is 0.0959. The molecule has 0 aliphatic rings. The molecule has 0 aromatic carbocycles. The lowest BCUT2D eigenvalue weighted by atomic mass is 10.3. The third kappa shape index (κ3) is 5.47. The van der Waals surface area contributed by atoms with E-state index in [-0.39, 0.29) is 11.3 Å². The largest absolute Gasteiger partial charge is 0.315 e. The van der Waals surface area contributed by atoms with E-state index in [9.17, 15) is 8.42 Å². The van der Waals surface area contributed by atoms with Gasteiger partial charge in [-0.1, -0.05) is 13.8 Å². The Labute approximate surface area is 117 Å². The quantitative estimate of drug-likeness (QED) is 0.624. The van der Waals surface area contributed by atoms with E-state index in [4.69, 9.17) is 0 Å². The molecule has 0 amide bonds. The van der Waals surface area contributed by atoms with Crippen LogP contribution in [0.5, 0.6) is 0 Å². The molecular weight excluding hydrogens is 268 g/mol. The summed E-state index contributed by atoms with van der Waals surface area (Å²) in [6.45, 7) is 7.28. The van der Waals surface area contributed by atoms with Gasteiger partial charge in [-0.2, -0.15) is 11.8 Å². The lowest BCUT2D eigenvalue weighted by Gasteiger charge is -2.29. The Morgan fingerprint density at radius 2 is 1.94 bits per heavy atom. The minimum atomic E-state index is -3.20. The van der Waals surface area contributed by atoms with Gasteiger partial charge in [0, 0.05) is 25.4 Å². The fraction of sp³-hybridized carbons (Fsp3) is 1.00. The fourth-order valence-corrected chi connectivity index (χ4v) is 4.23. The van der Waals surface area contributed by atoms with Gasteiger partial charge in [-0.3, -0.25) is 0 Å². The van der Waals surface area contributed by atoms with Crippen LogP contribution < -0.4 is 5.32 Å². The molecule has 1 N–H and O–H groups in total.